The van der Waals surface area contributed by atoms with Crippen molar-refractivity contribution in [2.75, 3.05) is 56.4 Å². The van der Waals surface area contributed by atoms with Crippen LogP contribution in [0.3, 0.4) is 0 Å². The van der Waals surface area contributed by atoms with Crippen LogP contribution in [0.15, 0.2) is 66.9 Å². The minimum atomic E-state index is -0.366. The van der Waals surface area contributed by atoms with Gasteiger partial charge in [0.15, 0.2) is 12.0 Å². The molecule has 58 heavy (non-hydrogen) atoms. The highest BCUT2D eigenvalue weighted by atomic mass is 16.5. The fourth-order valence-electron chi connectivity index (χ4n) is 8.15. The van der Waals surface area contributed by atoms with E-state index in [0.29, 0.717) is 65.1 Å². The Balaban J connectivity index is 1.21. The Kier molecular flexibility index (Phi) is 12.5. The van der Waals surface area contributed by atoms with Crippen molar-refractivity contribution in [1.29, 1.82) is 0 Å². The number of carbonyl (C=O) groups is 3. The van der Waals surface area contributed by atoms with E-state index in [0.717, 1.165) is 84.5 Å². The zero-order valence-electron chi connectivity index (χ0n) is 34.1. The summed E-state index contributed by atoms with van der Waals surface area (Å²) < 4.78 is 7.65. The van der Waals surface area contributed by atoms with Crippen LogP contribution in [0.5, 0.6) is 5.75 Å². The van der Waals surface area contributed by atoms with E-state index in [1.807, 2.05) is 30.5 Å². The number of rotatable bonds is 14. The lowest BCUT2D eigenvalue weighted by Crippen LogP contribution is -2.41. The molecule has 0 spiro atoms. The third-order valence-corrected chi connectivity index (χ3v) is 11.4. The SMILES string of the molecule is CCc1cccc(CC)c1NC(=O)c1nn(CCNC(=O)c2ccccc2C=O)c2c1CCCc1cnc(Nc3ccc(N4CCC(N(C)C)CC4)cc3OC)nc1-2. The standard InChI is InChI=1S/C45H53N9O4/c1-6-29-13-10-14-30(7-2)39(29)49-44(57)41-36-17-11-15-31-27-47-45(48-37-19-18-34(26-38(37)58-5)53-23-20-33(21-24-53)52(3)4)50-40(31)42(36)54(51-41)25-22-46-43(56)35-16-9-8-12-32(35)28-55/h8-10,12-14,16,18-19,26-28,33H,6-7,11,15,17,20-25H2,1-5H3,(H,46,56)(H,49,57)(H,47,48,50). The molecular weight excluding hydrogens is 731 g/mol. The number of benzene rings is 3. The lowest BCUT2D eigenvalue weighted by molar-refractivity contribution is 0.0945. The normalized spacial score (nSPS) is 14.0. The number of hydrogen-bond acceptors (Lipinski definition) is 10. The van der Waals surface area contributed by atoms with Gasteiger partial charge in [-0.25, -0.2) is 9.97 Å². The number of aldehydes is 1. The van der Waals surface area contributed by atoms with Gasteiger partial charge in [0.2, 0.25) is 5.95 Å². The molecule has 0 saturated carbocycles. The van der Waals surface area contributed by atoms with Crippen LogP contribution in [-0.4, -0.2) is 89.6 Å². The number of carbonyl (C=O) groups excluding carboxylic acids is 3. The maximum atomic E-state index is 14.3. The molecule has 3 heterocycles. The molecule has 0 radical (unpaired) electrons. The summed E-state index contributed by atoms with van der Waals surface area (Å²) in [6.07, 6.45) is 8.36. The number of nitrogens with one attached hydrogen (secondary N) is 3. The topological polar surface area (TPSA) is 147 Å². The number of hydrogen-bond donors (Lipinski definition) is 3. The molecule has 0 atom stereocenters. The van der Waals surface area contributed by atoms with Crippen molar-refractivity contribution in [3.05, 3.63) is 106 Å². The molecule has 302 valence electrons. The van der Waals surface area contributed by atoms with E-state index in [4.69, 9.17) is 19.8 Å². The van der Waals surface area contributed by atoms with Gasteiger partial charge in [-0.15, -0.1) is 0 Å². The minimum Gasteiger partial charge on any atom is -0.494 e. The van der Waals surface area contributed by atoms with Gasteiger partial charge in [-0.1, -0.05) is 50.2 Å². The van der Waals surface area contributed by atoms with Crippen molar-refractivity contribution in [3.63, 3.8) is 0 Å². The molecule has 5 aromatic rings. The van der Waals surface area contributed by atoms with E-state index in [1.54, 1.807) is 36.1 Å². The molecular formula is C45H53N9O4. The van der Waals surface area contributed by atoms with Crippen LogP contribution in [0.25, 0.3) is 11.4 Å². The second-order valence-electron chi connectivity index (χ2n) is 15.1. The van der Waals surface area contributed by atoms with Crippen LogP contribution in [0.1, 0.15) is 86.6 Å². The molecule has 0 bridgehead atoms. The van der Waals surface area contributed by atoms with E-state index >= 15 is 0 Å². The van der Waals surface area contributed by atoms with Gasteiger partial charge in [0.05, 0.1) is 30.7 Å². The van der Waals surface area contributed by atoms with Crippen LogP contribution >= 0.6 is 0 Å². The number of anilines is 4. The van der Waals surface area contributed by atoms with Gasteiger partial charge in [0.25, 0.3) is 11.8 Å². The Morgan fingerprint density at radius 1 is 0.966 bits per heavy atom. The summed E-state index contributed by atoms with van der Waals surface area (Å²) in [5, 5.41) is 14.5. The Bertz CT molecular complexity index is 2270. The molecule has 1 saturated heterocycles. The Hall–Kier alpha value is -6.08. The number of fused-ring (bicyclic) bond motifs is 3. The Morgan fingerprint density at radius 2 is 1.72 bits per heavy atom. The number of aromatic nitrogens is 4. The predicted octanol–water partition coefficient (Wildman–Crippen LogP) is 6.73. The largest absolute Gasteiger partial charge is 0.494 e. The van der Waals surface area contributed by atoms with Gasteiger partial charge in [0, 0.05) is 66.0 Å². The molecule has 1 aliphatic carbocycles. The zero-order valence-corrected chi connectivity index (χ0v) is 34.1. The van der Waals surface area contributed by atoms with E-state index in [2.05, 4.69) is 65.8 Å². The summed E-state index contributed by atoms with van der Waals surface area (Å²) in [6.45, 7) is 6.56. The van der Waals surface area contributed by atoms with Crippen molar-refractivity contribution in [2.45, 2.75) is 71.4 Å². The summed E-state index contributed by atoms with van der Waals surface area (Å²) >= 11 is 0. The molecule has 1 fully saturated rings. The van der Waals surface area contributed by atoms with Gasteiger partial charge in [-0.3, -0.25) is 19.1 Å². The Labute approximate surface area is 340 Å². The van der Waals surface area contributed by atoms with E-state index < -0.39 is 0 Å². The van der Waals surface area contributed by atoms with Gasteiger partial charge in [0.1, 0.15) is 5.75 Å². The van der Waals surface area contributed by atoms with Crippen LogP contribution in [0.2, 0.25) is 0 Å². The molecule has 7 rings (SSSR count). The van der Waals surface area contributed by atoms with Crippen molar-refractivity contribution < 1.29 is 19.1 Å². The molecule has 2 aliphatic rings. The van der Waals surface area contributed by atoms with Crippen LogP contribution in [-0.2, 0) is 32.2 Å². The van der Waals surface area contributed by atoms with Crippen molar-refractivity contribution in [2.24, 2.45) is 0 Å². The van der Waals surface area contributed by atoms with E-state index in [9.17, 15) is 14.4 Å². The van der Waals surface area contributed by atoms with Crippen LogP contribution in [0, 0.1) is 0 Å². The molecule has 2 amide bonds. The summed E-state index contributed by atoms with van der Waals surface area (Å²) in [4.78, 5) is 53.7. The van der Waals surface area contributed by atoms with Gasteiger partial charge in [-0.2, -0.15) is 5.10 Å². The highest BCUT2D eigenvalue weighted by Gasteiger charge is 2.30. The lowest BCUT2D eigenvalue weighted by Gasteiger charge is -2.36. The molecule has 0 unspecified atom stereocenters. The first-order valence-corrected chi connectivity index (χ1v) is 20.3. The number of methoxy groups -OCH3 is 1. The predicted molar refractivity (Wildman–Crippen MR) is 228 cm³/mol. The Morgan fingerprint density at radius 3 is 2.43 bits per heavy atom. The zero-order chi connectivity index (χ0) is 40.8. The summed E-state index contributed by atoms with van der Waals surface area (Å²) in [5.41, 5.74) is 8.84. The van der Waals surface area contributed by atoms with E-state index in [-0.39, 0.29) is 24.9 Å². The molecule has 1 aliphatic heterocycles. The molecule has 2 aromatic heterocycles. The minimum absolute atomic E-state index is 0.196. The molecule has 13 nitrogen and oxygen atoms in total. The number of ether oxygens (including phenoxy) is 1. The van der Waals surface area contributed by atoms with Gasteiger partial charge < -0.3 is 30.5 Å². The first kappa shape index (κ1) is 40.1. The maximum Gasteiger partial charge on any atom is 0.276 e. The monoisotopic (exact) mass is 783 g/mol. The van der Waals surface area contributed by atoms with Gasteiger partial charge >= 0.3 is 0 Å². The van der Waals surface area contributed by atoms with E-state index in [1.165, 1.54) is 0 Å². The fourth-order valence-corrected chi connectivity index (χ4v) is 8.15. The number of piperidine rings is 1. The third-order valence-electron chi connectivity index (χ3n) is 11.4. The first-order valence-electron chi connectivity index (χ1n) is 20.3. The maximum absolute atomic E-state index is 14.3. The average Bonchev–Trinajstić information content (AvgIpc) is 3.50. The fraction of sp³-hybridized carbons (Fsp3) is 0.378. The quantitative estimate of drug-likeness (QED) is 0.104. The number of amides is 2. The number of aryl methyl sites for hydroxylation is 3. The van der Waals surface area contributed by atoms with Crippen molar-refractivity contribution >= 4 is 41.1 Å². The number of nitrogens with zero attached hydrogens (tertiary/aromatic N) is 6. The molecule has 3 N–H and O–H groups in total. The second kappa shape index (κ2) is 18.0. The summed E-state index contributed by atoms with van der Waals surface area (Å²) in [7, 11) is 5.95. The first-order chi connectivity index (χ1) is 28.2. The van der Waals surface area contributed by atoms with Crippen LogP contribution in [0.4, 0.5) is 23.0 Å². The van der Waals surface area contributed by atoms with Crippen LogP contribution < -0.4 is 25.6 Å². The number of para-hydroxylation sites is 1. The molecule has 13 heteroatoms. The smallest absolute Gasteiger partial charge is 0.276 e. The molecule has 3 aromatic carbocycles. The van der Waals surface area contributed by atoms with Gasteiger partial charge in [-0.05, 0) is 93.9 Å². The lowest BCUT2D eigenvalue weighted by atomic mass is 10.0. The second-order valence-corrected chi connectivity index (χ2v) is 15.1. The summed E-state index contributed by atoms with van der Waals surface area (Å²) in [6, 6.07) is 19.5. The summed E-state index contributed by atoms with van der Waals surface area (Å²) in [5.74, 6) is 0.406. The average molecular weight is 784 g/mol. The highest BCUT2D eigenvalue weighted by molar-refractivity contribution is 6.06. The van der Waals surface area contributed by atoms with Crippen molar-refractivity contribution in [1.82, 2.24) is 30.0 Å². The third kappa shape index (κ3) is 8.45. The van der Waals surface area contributed by atoms with Crippen molar-refractivity contribution in [3.8, 4) is 17.1 Å². The highest BCUT2D eigenvalue weighted by Crippen LogP contribution is 2.37.